The summed E-state index contributed by atoms with van der Waals surface area (Å²) in [7, 11) is 0. The molecule has 0 radical (unpaired) electrons. The molecule has 1 aromatic carbocycles. The lowest BCUT2D eigenvalue weighted by Crippen LogP contribution is -2.71. The number of hydrogen-bond acceptors (Lipinski definition) is 12. The molecule has 2 aliphatic heterocycles. The number of pyridine rings is 1. The summed E-state index contributed by atoms with van der Waals surface area (Å²) in [5, 5.41) is 47.3. The molecule has 7 N–H and O–H groups in total. The lowest BCUT2D eigenvalue weighted by molar-refractivity contribution is -0.687. The number of nitrogens with two attached hydrogens (primary N) is 1. The maximum absolute atomic E-state index is 13.2. The Morgan fingerprint density at radius 3 is 2.56 bits per heavy atom. The molecule has 2 atom stereocenters. The van der Waals surface area contributed by atoms with Crippen molar-refractivity contribution in [2.45, 2.75) is 37.4 Å². The van der Waals surface area contributed by atoms with Crippen LogP contribution in [0.2, 0.25) is 0 Å². The second-order valence-corrected chi connectivity index (χ2v) is 12.1. The number of aromatic hydroxyl groups is 2. The highest BCUT2D eigenvalue weighted by Gasteiger charge is 2.55. The first-order valence-electron chi connectivity index (χ1n) is 12.5. The van der Waals surface area contributed by atoms with Gasteiger partial charge in [-0.25, -0.2) is 19.1 Å². The molecule has 1 saturated heterocycles. The number of aliphatic carboxylic acids is 2. The molecule has 0 saturated carbocycles. The molecule has 15 nitrogen and oxygen atoms in total. The lowest BCUT2D eigenvalue weighted by Gasteiger charge is -2.49. The van der Waals surface area contributed by atoms with Gasteiger partial charge < -0.3 is 36.3 Å². The number of nitrogen functional groups attached to an aromatic ring is 1. The minimum atomic E-state index is -1.78. The number of nitrogens with zero attached hydrogens (tertiary/aromatic N) is 4. The number of benzene rings is 1. The van der Waals surface area contributed by atoms with E-state index in [1.165, 1.54) is 43.1 Å². The molecule has 0 spiro atoms. The molecule has 0 bridgehead atoms. The number of carbonyl (C=O) groups is 4. The van der Waals surface area contributed by atoms with Gasteiger partial charge in [-0.05, 0) is 31.4 Å². The van der Waals surface area contributed by atoms with Crippen molar-refractivity contribution in [3.8, 4) is 11.5 Å². The van der Waals surface area contributed by atoms with Crippen LogP contribution in [0.3, 0.4) is 0 Å². The van der Waals surface area contributed by atoms with E-state index in [1.807, 2.05) is 0 Å². The largest absolute Gasteiger partial charge is 0.504 e. The topological polar surface area (TPSA) is 229 Å². The number of phenols is 2. The number of hydrogen-bond donors (Lipinski definition) is 6. The maximum atomic E-state index is 13.2. The molecule has 4 heterocycles. The predicted octanol–water partition coefficient (Wildman–Crippen LogP) is 0.600. The van der Waals surface area contributed by atoms with Gasteiger partial charge in [0, 0.05) is 28.2 Å². The summed E-state index contributed by atoms with van der Waals surface area (Å²) >= 11 is 2.27. The van der Waals surface area contributed by atoms with Gasteiger partial charge in [0.05, 0.1) is 0 Å². The summed E-state index contributed by atoms with van der Waals surface area (Å²) < 4.78 is 1.70. The van der Waals surface area contributed by atoms with Gasteiger partial charge in [-0.1, -0.05) is 5.16 Å². The van der Waals surface area contributed by atoms with Gasteiger partial charge >= 0.3 is 11.9 Å². The molecule has 2 aliphatic rings. The van der Waals surface area contributed by atoms with Gasteiger partial charge in [-0.2, -0.15) is 0 Å². The zero-order chi connectivity index (χ0) is 31.2. The van der Waals surface area contributed by atoms with Gasteiger partial charge in [-0.15, -0.1) is 23.1 Å². The number of aromatic nitrogens is 2. The summed E-state index contributed by atoms with van der Waals surface area (Å²) in [5.74, 6) is -4.53. The summed E-state index contributed by atoms with van der Waals surface area (Å²) in [6, 6.07) is 3.39. The Labute approximate surface area is 250 Å². The van der Waals surface area contributed by atoms with Crippen LogP contribution in [-0.4, -0.2) is 82.5 Å². The van der Waals surface area contributed by atoms with Gasteiger partial charge in [0.2, 0.25) is 5.60 Å². The standard InChI is InChI=1S/C26H24N6O9S2/c1-26(2,24(39)40)41-30-17(14-10-43-25(27)28-14)20(35)29-18-21(36)32-19(23(37)38)13(9-42-22(18)32)8-31-4-3-11-5-15(33)16(34)6-12(11)7-31/h3-7,10,18,22H,8-9H2,1-2H3,(H6,27,28,29,34,35,37,38,39,40)/p+1/b30-17+/t18-,22-/m1/s1. The zero-order valence-electron chi connectivity index (χ0n) is 22.5. The van der Waals surface area contributed by atoms with Crippen molar-refractivity contribution >= 4 is 68.5 Å². The van der Waals surface area contributed by atoms with Crippen molar-refractivity contribution in [1.29, 1.82) is 0 Å². The van der Waals surface area contributed by atoms with E-state index >= 15 is 0 Å². The van der Waals surface area contributed by atoms with Crippen molar-refractivity contribution in [2.24, 2.45) is 5.16 Å². The van der Waals surface area contributed by atoms with E-state index in [0.717, 1.165) is 16.2 Å². The van der Waals surface area contributed by atoms with Gasteiger partial charge in [0.15, 0.2) is 41.3 Å². The van der Waals surface area contributed by atoms with E-state index in [9.17, 15) is 39.6 Å². The molecular formula is C26H25N6O9S2+. The summed E-state index contributed by atoms with van der Waals surface area (Å²) in [6.07, 6.45) is 3.36. The Hall–Kier alpha value is -4.90. The second kappa shape index (κ2) is 11.1. The van der Waals surface area contributed by atoms with Crippen LogP contribution in [-0.2, 0) is 30.6 Å². The molecule has 43 heavy (non-hydrogen) atoms. The average Bonchev–Trinajstić information content (AvgIpc) is 3.37. The Bertz CT molecular complexity index is 1750. The van der Waals surface area contributed by atoms with E-state index in [0.29, 0.717) is 16.3 Å². The highest BCUT2D eigenvalue weighted by Crippen LogP contribution is 2.40. The van der Waals surface area contributed by atoms with Crippen LogP contribution in [0.5, 0.6) is 11.5 Å². The van der Waals surface area contributed by atoms with Crippen molar-refractivity contribution in [3.63, 3.8) is 0 Å². The quantitative estimate of drug-likeness (QED) is 0.0629. The Balaban J connectivity index is 1.37. The van der Waals surface area contributed by atoms with Crippen molar-refractivity contribution in [1.82, 2.24) is 15.2 Å². The number of carboxylic acids is 2. The summed E-state index contributed by atoms with van der Waals surface area (Å²) in [5.41, 5.74) is 3.75. The number of β-lactam (4-membered cyclic amide) rings is 1. The molecule has 2 amide bonds. The molecule has 3 aromatic rings. The number of thioether (sulfide) groups is 1. The number of carbonyl (C=O) groups excluding carboxylic acids is 2. The Morgan fingerprint density at radius 2 is 1.93 bits per heavy atom. The first-order valence-corrected chi connectivity index (χ1v) is 14.5. The van der Waals surface area contributed by atoms with Crippen molar-refractivity contribution < 1.29 is 49.0 Å². The highest BCUT2D eigenvalue weighted by atomic mass is 32.2. The van der Waals surface area contributed by atoms with Gasteiger partial charge in [0.25, 0.3) is 11.8 Å². The fraction of sp³-hybridized carbons (Fsp3) is 0.269. The molecule has 2 aromatic heterocycles. The number of anilines is 1. The van der Waals surface area contributed by atoms with Gasteiger partial charge in [-0.3, -0.25) is 14.5 Å². The third-order valence-corrected chi connectivity index (χ3v) is 8.71. The minimum Gasteiger partial charge on any atom is -0.504 e. The van der Waals surface area contributed by atoms with Gasteiger partial charge in [0.1, 0.15) is 22.8 Å². The Morgan fingerprint density at radius 1 is 1.23 bits per heavy atom. The number of rotatable bonds is 9. The SMILES string of the molecule is CC(C)(O/N=C(/C(=O)N[C@@H]1C(=O)N2C(C(=O)O)=C(C[n+]3ccc4cc(O)c(O)cc4c3)CS[C@H]12)c1csc(N)n1)C(=O)O. The first-order chi connectivity index (χ1) is 20.3. The van der Waals surface area contributed by atoms with Crippen LogP contribution in [0.4, 0.5) is 5.13 Å². The maximum Gasteiger partial charge on any atom is 0.352 e. The van der Waals surface area contributed by atoms with Crippen LogP contribution in [0.1, 0.15) is 19.5 Å². The van der Waals surface area contributed by atoms with Crippen LogP contribution in [0.25, 0.3) is 10.8 Å². The van der Waals surface area contributed by atoms with Crippen LogP contribution >= 0.6 is 23.1 Å². The molecule has 1 fully saturated rings. The average molecular weight is 630 g/mol. The van der Waals surface area contributed by atoms with E-state index in [-0.39, 0.29) is 40.3 Å². The minimum absolute atomic E-state index is 0.00506. The fourth-order valence-corrected chi connectivity index (χ4v) is 6.28. The van der Waals surface area contributed by atoms with E-state index in [4.69, 9.17) is 10.6 Å². The first kappa shape index (κ1) is 29.6. The molecule has 0 aliphatic carbocycles. The third-order valence-electron chi connectivity index (χ3n) is 6.70. The number of carboxylic acid groups (broad SMARTS) is 2. The molecule has 17 heteroatoms. The molecule has 0 unspecified atom stereocenters. The zero-order valence-corrected chi connectivity index (χ0v) is 24.2. The predicted molar refractivity (Wildman–Crippen MR) is 153 cm³/mol. The smallest absolute Gasteiger partial charge is 0.352 e. The van der Waals surface area contributed by atoms with Crippen LogP contribution < -0.4 is 15.6 Å². The number of fused-ring (bicyclic) bond motifs is 2. The fourth-order valence-electron chi connectivity index (χ4n) is 4.40. The lowest BCUT2D eigenvalue weighted by atomic mass is 10.0. The number of nitrogens with one attached hydrogen (secondary N) is 1. The molecular weight excluding hydrogens is 604 g/mol. The second-order valence-electron chi connectivity index (χ2n) is 10.1. The third kappa shape index (κ3) is 5.63. The van der Waals surface area contributed by atoms with E-state index < -0.39 is 46.5 Å². The molecule has 224 valence electrons. The summed E-state index contributed by atoms with van der Waals surface area (Å²) in [6.45, 7) is 2.59. The molecule has 5 rings (SSSR count). The van der Waals surface area contributed by atoms with Crippen molar-refractivity contribution in [2.75, 3.05) is 11.5 Å². The number of oxime groups is 1. The number of thiazole rings is 1. The monoisotopic (exact) mass is 629 g/mol. The Kier molecular flexibility index (Phi) is 7.61. The van der Waals surface area contributed by atoms with E-state index in [2.05, 4.69) is 15.5 Å². The highest BCUT2D eigenvalue weighted by molar-refractivity contribution is 8.00. The normalized spacial score (nSPS) is 18.7. The summed E-state index contributed by atoms with van der Waals surface area (Å²) in [4.78, 5) is 60.4. The van der Waals surface area contributed by atoms with Crippen molar-refractivity contribution in [3.05, 3.63) is 52.9 Å². The number of amides is 2. The van der Waals surface area contributed by atoms with E-state index in [1.54, 1.807) is 23.0 Å². The van der Waals surface area contributed by atoms with Crippen LogP contribution in [0.15, 0.2) is 52.4 Å². The van der Waals surface area contributed by atoms with Crippen LogP contribution in [0, 0.1) is 0 Å². The number of phenolic OH excluding ortho intramolecular Hbond substituents is 2.